The van der Waals surface area contributed by atoms with Gasteiger partial charge in [-0.15, -0.1) is 11.8 Å². The molecule has 5 nitrogen and oxygen atoms in total. The normalized spacial score (nSPS) is 15.4. The third-order valence-corrected chi connectivity index (χ3v) is 7.80. The number of rotatable bonds is 11. The number of hydrogen-bond donors (Lipinski definition) is 2. The Morgan fingerprint density at radius 2 is 1.73 bits per heavy atom. The molecule has 2 aromatic carbocycles. The lowest BCUT2D eigenvalue weighted by atomic mass is 10.1. The summed E-state index contributed by atoms with van der Waals surface area (Å²) in [5, 5.41) is 12.1. The number of aliphatic carboxylic acids is 1. The van der Waals surface area contributed by atoms with Crippen molar-refractivity contribution in [3.63, 3.8) is 0 Å². The van der Waals surface area contributed by atoms with Crippen molar-refractivity contribution in [3.8, 4) is 0 Å². The third kappa shape index (κ3) is 7.90. The Bertz CT molecular complexity index is 1100. The van der Waals surface area contributed by atoms with E-state index in [9.17, 15) is 27.9 Å². The van der Waals surface area contributed by atoms with Crippen LogP contribution in [-0.2, 0) is 23.8 Å². The monoisotopic (exact) mass is 536 g/mol. The fourth-order valence-corrected chi connectivity index (χ4v) is 5.51. The van der Waals surface area contributed by atoms with E-state index in [1.165, 1.54) is 23.9 Å². The predicted molar refractivity (Wildman–Crippen MR) is 141 cm³/mol. The second kappa shape index (κ2) is 12.2. The summed E-state index contributed by atoms with van der Waals surface area (Å²) in [6, 6.07) is 10.0. The summed E-state index contributed by atoms with van der Waals surface area (Å²) in [7, 11) is 0. The first-order chi connectivity index (χ1) is 17.4. The average molecular weight is 537 g/mol. The number of nitrogens with one attached hydrogen (secondary N) is 1. The van der Waals surface area contributed by atoms with Gasteiger partial charge in [-0.3, -0.25) is 4.79 Å². The van der Waals surface area contributed by atoms with Crippen LogP contribution in [0, 0.1) is 0 Å². The highest BCUT2D eigenvalue weighted by atomic mass is 32.2. The molecule has 37 heavy (non-hydrogen) atoms. The van der Waals surface area contributed by atoms with Crippen LogP contribution >= 0.6 is 11.8 Å². The van der Waals surface area contributed by atoms with E-state index in [0.29, 0.717) is 19.4 Å². The molecule has 2 N–H and O–H groups in total. The Hall–Kier alpha value is -2.68. The highest BCUT2D eigenvalue weighted by Gasteiger charge is 2.33. The summed E-state index contributed by atoms with van der Waals surface area (Å²) in [5.41, 5.74) is 1.48. The minimum atomic E-state index is -4.49. The molecule has 2 amide bonds. The van der Waals surface area contributed by atoms with E-state index in [1.807, 2.05) is 18.2 Å². The number of halogens is 3. The van der Waals surface area contributed by atoms with Crippen LogP contribution in [0.5, 0.6) is 0 Å². The summed E-state index contributed by atoms with van der Waals surface area (Å²) in [6.07, 6.45) is 1.87. The van der Waals surface area contributed by atoms with Crippen molar-refractivity contribution in [1.82, 2.24) is 4.90 Å². The third-order valence-electron chi connectivity index (χ3n) is 6.62. The van der Waals surface area contributed by atoms with E-state index in [4.69, 9.17) is 0 Å². The Morgan fingerprint density at radius 3 is 2.41 bits per heavy atom. The van der Waals surface area contributed by atoms with Crippen LogP contribution < -0.4 is 5.32 Å². The van der Waals surface area contributed by atoms with E-state index < -0.39 is 28.5 Å². The lowest BCUT2D eigenvalue weighted by Gasteiger charge is -2.29. The molecule has 1 aliphatic carbocycles. The van der Waals surface area contributed by atoms with Gasteiger partial charge < -0.3 is 15.3 Å². The van der Waals surface area contributed by atoms with Crippen LogP contribution in [0.15, 0.2) is 47.4 Å². The second-order valence-corrected chi connectivity index (χ2v) is 11.7. The number of carboxylic acids is 1. The molecule has 3 rings (SSSR count). The first-order valence-corrected chi connectivity index (χ1v) is 13.5. The molecule has 202 valence electrons. The number of thioether (sulfide) groups is 1. The number of carboxylic acid groups (broad SMARTS) is 1. The number of alkyl halides is 3. The molecule has 0 radical (unpaired) electrons. The van der Waals surface area contributed by atoms with Crippen molar-refractivity contribution >= 4 is 29.4 Å². The molecule has 0 spiro atoms. The van der Waals surface area contributed by atoms with Crippen molar-refractivity contribution < 1.29 is 27.9 Å². The molecular weight excluding hydrogens is 501 g/mol. The fourth-order valence-electron chi connectivity index (χ4n) is 4.50. The van der Waals surface area contributed by atoms with Crippen LogP contribution in [0.3, 0.4) is 0 Å². The van der Waals surface area contributed by atoms with Gasteiger partial charge in [0.15, 0.2) is 0 Å². The molecule has 9 heteroatoms. The highest BCUT2D eigenvalue weighted by Crippen LogP contribution is 2.36. The quantitative estimate of drug-likeness (QED) is 0.229. The molecular formula is C28H35F3N2O3S. The Kier molecular flexibility index (Phi) is 9.56. The summed E-state index contributed by atoms with van der Waals surface area (Å²) >= 11 is 1.28. The van der Waals surface area contributed by atoms with E-state index in [-0.39, 0.29) is 11.7 Å². The Labute approximate surface area is 220 Å². The van der Waals surface area contributed by atoms with Crippen molar-refractivity contribution in [2.45, 2.75) is 87.6 Å². The fraction of sp³-hybridized carbons (Fsp3) is 0.500. The lowest BCUT2D eigenvalue weighted by molar-refractivity contribution is -0.139. The topological polar surface area (TPSA) is 69.6 Å². The maximum absolute atomic E-state index is 13.3. The Morgan fingerprint density at radius 1 is 1.03 bits per heavy atom. The predicted octanol–water partition coefficient (Wildman–Crippen LogP) is 7.63. The van der Waals surface area contributed by atoms with Crippen LogP contribution in [0.2, 0.25) is 0 Å². The molecule has 0 saturated carbocycles. The van der Waals surface area contributed by atoms with E-state index in [1.54, 1.807) is 18.7 Å². The van der Waals surface area contributed by atoms with Gasteiger partial charge in [-0.25, -0.2) is 4.79 Å². The molecule has 0 heterocycles. The smallest absolute Gasteiger partial charge is 0.416 e. The molecule has 0 fully saturated rings. The zero-order valence-corrected chi connectivity index (χ0v) is 22.3. The molecule has 1 unspecified atom stereocenters. The number of anilines is 1. The van der Waals surface area contributed by atoms with Crippen molar-refractivity contribution in [2.75, 3.05) is 11.9 Å². The van der Waals surface area contributed by atoms with Crippen molar-refractivity contribution in [1.29, 1.82) is 0 Å². The van der Waals surface area contributed by atoms with Gasteiger partial charge >= 0.3 is 18.2 Å². The lowest BCUT2D eigenvalue weighted by Crippen LogP contribution is -2.44. The van der Waals surface area contributed by atoms with Gasteiger partial charge in [-0.1, -0.05) is 44.7 Å². The van der Waals surface area contributed by atoms with Crippen molar-refractivity contribution in [3.05, 3.63) is 59.2 Å². The molecule has 0 saturated heterocycles. The van der Waals surface area contributed by atoms with Gasteiger partial charge in [0.2, 0.25) is 0 Å². The van der Waals surface area contributed by atoms with Gasteiger partial charge in [0.1, 0.15) is 4.75 Å². The highest BCUT2D eigenvalue weighted by molar-refractivity contribution is 8.01. The van der Waals surface area contributed by atoms with E-state index in [2.05, 4.69) is 12.2 Å². The van der Waals surface area contributed by atoms with Crippen LogP contribution in [0.1, 0.15) is 69.6 Å². The van der Waals surface area contributed by atoms with Gasteiger partial charge in [0.25, 0.3) is 0 Å². The molecule has 1 atom stereocenters. The summed E-state index contributed by atoms with van der Waals surface area (Å²) < 4.78 is 38.5. The van der Waals surface area contributed by atoms with Gasteiger partial charge in [-0.2, -0.15) is 13.2 Å². The van der Waals surface area contributed by atoms with Gasteiger partial charge in [-0.05, 0) is 74.6 Å². The number of benzene rings is 2. The molecule has 0 bridgehead atoms. The Balaban J connectivity index is 1.75. The van der Waals surface area contributed by atoms with E-state index in [0.717, 1.165) is 60.3 Å². The number of urea groups is 1. The maximum Gasteiger partial charge on any atom is 0.416 e. The summed E-state index contributed by atoms with van der Waals surface area (Å²) in [5.74, 6) is -0.892. The standard InChI is InChI=1S/C28H35F3N2O3S/c1-4-5-6-7-8-14-33(26(36)32-22-11-9-10-21(18-22)28(29,30)31)23-15-19-12-13-24(17-20(19)16-23)37-27(2,3)25(34)35/h9-13,17-18,23H,4-8,14-16H2,1-3H3,(H,32,36)(H,34,35). The summed E-state index contributed by atoms with van der Waals surface area (Å²) in [6.45, 7) is 5.97. The number of carbonyl (C=O) groups excluding carboxylic acids is 1. The van der Waals surface area contributed by atoms with Crippen molar-refractivity contribution in [2.24, 2.45) is 0 Å². The number of amides is 2. The minimum Gasteiger partial charge on any atom is -0.480 e. The number of fused-ring (bicyclic) bond motifs is 1. The first kappa shape index (κ1) is 28.9. The average Bonchev–Trinajstić information content (AvgIpc) is 3.23. The maximum atomic E-state index is 13.3. The number of nitrogens with zero attached hydrogens (tertiary/aromatic N) is 1. The molecule has 0 aliphatic heterocycles. The molecule has 1 aliphatic rings. The van der Waals surface area contributed by atoms with Gasteiger partial charge in [0.05, 0.1) is 5.56 Å². The van der Waals surface area contributed by atoms with Crippen LogP contribution in [-0.4, -0.2) is 39.3 Å². The van der Waals surface area contributed by atoms with Gasteiger partial charge in [0, 0.05) is 23.2 Å². The largest absolute Gasteiger partial charge is 0.480 e. The number of carbonyl (C=O) groups is 2. The zero-order valence-electron chi connectivity index (χ0n) is 21.5. The molecule has 0 aromatic heterocycles. The molecule has 2 aromatic rings. The minimum absolute atomic E-state index is 0.112. The second-order valence-electron chi connectivity index (χ2n) is 10.0. The van der Waals surface area contributed by atoms with Crippen LogP contribution in [0.4, 0.5) is 23.7 Å². The van der Waals surface area contributed by atoms with E-state index >= 15 is 0 Å². The first-order valence-electron chi connectivity index (χ1n) is 12.7. The summed E-state index contributed by atoms with van der Waals surface area (Å²) in [4.78, 5) is 27.5. The van der Waals surface area contributed by atoms with Crippen LogP contribution in [0.25, 0.3) is 0 Å². The SMILES string of the molecule is CCCCCCCN(C(=O)Nc1cccc(C(F)(F)F)c1)C1Cc2ccc(SC(C)(C)C(=O)O)cc2C1. The number of hydrogen-bond acceptors (Lipinski definition) is 3. The number of unbranched alkanes of at least 4 members (excludes halogenated alkanes) is 4. The zero-order chi connectivity index (χ0) is 27.2.